The Morgan fingerprint density at radius 3 is 2.28 bits per heavy atom. The molecule has 18 heavy (non-hydrogen) atoms. The van der Waals surface area contributed by atoms with Gasteiger partial charge in [-0.05, 0) is 36.8 Å². The van der Waals surface area contributed by atoms with Crippen molar-refractivity contribution in [3.05, 3.63) is 29.8 Å². The maximum absolute atomic E-state index is 5.20. The molecule has 102 valence electrons. The lowest BCUT2D eigenvalue weighted by Crippen LogP contribution is -2.34. The third-order valence-corrected chi connectivity index (χ3v) is 3.96. The number of hydrogen-bond acceptors (Lipinski definition) is 3. The van der Waals surface area contributed by atoms with Gasteiger partial charge in [0, 0.05) is 17.8 Å². The van der Waals surface area contributed by atoms with E-state index >= 15 is 0 Å². The molecule has 0 spiro atoms. The first kappa shape index (κ1) is 15.4. The zero-order valence-corrected chi connectivity index (χ0v) is 12.7. The Hall–Kier alpha value is -0.670. The van der Waals surface area contributed by atoms with Crippen molar-refractivity contribution in [2.75, 3.05) is 19.1 Å². The van der Waals surface area contributed by atoms with Gasteiger partial charge >= 0.3 is 0 Å². The van der Waals surface area contributed by atoms with Crippen LogP contribution >= 0.6 is 11.8 Å². The monoisotopic (exact) mass is 267 g/mol. The van der Waals surface area contributed by atoms with Crippen molar-refractivity contribution in [2.24, 2.45) is 0 Å². The molecule has 0 radical (unpaired) electrons. The highest BCUT2D eigenvalue weighted by Gasteiger charge is 2.14. The highest BCUT2D eigenvalue weighted by Crippen LogP contribution is 2.21. The fourth-order valence-corrected chi connectivity index (χ4v) is 2.79. The Kier molecular flexibility index (Phi) is 7.21. The summed E-state index contributed by atoms with van der Waals surface area (Å²) in [5.74, 6) is 2.09. The summed E-state index contributed by atoms with van der Waals surface area (Å²) in [5.41, 5.74) is 1.35. The molecule has 1 aromatic carbocycles. The van der Waals surface area contributed by atoms with Crippen LogP contribution in [0.15, 0.2) is 24.3 Å². The van der Waals surface area contributed by atoms with Crippen LogP contribution in [0.5, 0.6) is 5.75 Å². The fraction of sp³-hybridized carbons (Fsp3) is 0.600. The first-order chi connectivity index (χ1) is 8.74. The van der Waals surface area contributed by atoms with Crippen LogP contribution in [0.4, 0.5) is 0 Å². The lowest BCUT2D eigenvalue weighted by molar-refractivity contribution is 0.413. The molecule has 1 N–H and O–H groups in total. The number of methoxy groups -OCH3 is 1. The summed E-state index contributed by atoms with van der Waals surface area (Å²) in [6, 6.07) is 9.42. The molecule has 0 aliphatic rings. The molecular formula is C15H25NOS. The lowest BCUT2D eigenvalue weighted by Gasteiger charge is -2.24. The Balaban J connectivity index is 2.68. The molecule has 2 unspecified atom stereocenters. The molecule has 0 aromatic heterocycles. The molecule has 2 atom stereocenters. The van der Waals surface area contributed by atoms with Crippen LogP contribution < -0.4 is 10.1 Å². The van der Waals surface area contributed by atoms with Crippen LogP contribution in [0.2, 0.25) is 0 Å². The lowest BCUT2D eigenvalue weighted by atomic mass is 10.0. The fourth-order valence-electron chi connectivity index (χ4n) is 2.06. The average Bonchev–Trinajstić information content (AvgIpc) is 2.43. The Bertz CT molecular complexity index is 326. The molecule has 0 saturated heterocycles. The second-order valence-electron chi connectivity index (χ2n) is 4.46. The molecule has 2 nitrogen and oxygen atoms in total. The second-order valence-corrected chi connectivity index (χ2v) is 5.37. The normalized spacial score (nSPS) is 14.2. The second kappa shape index (κ2) is 8.44. The smallest absolute Gasteiger partial charge is 0.118 e. The number of ether oxygens (including phenoxy) is 1. The molecule has 0 heterocycles. The van der Waals surface area contributed by atoms with E-state index in [2.05, 4.69) is 37.6 Å². The summed E-state index contributed by atoms with van der Waals surface area (Å²) in [6.07, 6.45) is 4.45. The number of nitrogens with one attached hydrogen (secondary N) is 1. The maximum Gasteiger partial charge on any atom is 0.118 e. The first-order valence-corrected chi connectivity index (χ1v) is 8.03. The van der Waals surface area contributed by atoms with Crippen molar-refractivity contribution < 1.29 is 4.74 Å². The summed E-state index contributed by atoms with van der Waals surface area (Å²) < 4.78 is 5.20. The van der Waals surface area contributed by atoms with Gasteiger partial charge < -0.3 is 10.1 Å². The molecule has 0 aliphatic heterocycles. The molecule has 0 fully saturated rings. The molecule has 1 aromatic rings. The van der Waals surface area contributed by atoms with E-state index in [-0.39, 0.29) is 0 Å². The van der Waals surface area contributed by atoms with Crippen molar-refractivity contribution >= 4 is 11.8 Å². The predicted molar refractivity (Wildman–Crippen MR) is 81.6 cm³/mol. The highest BCUT2D eigenvalue weighted by atomic mass is 32.2. The zero-order valence-electron chi connectivity index (χ0n) is 11.9. The van der Waals surface area contributed by atoms with Gasteiger partial charge in [0.1, 0.15) is 5.75 Å². The molecule has 0 bridgehead atoms. The topological polar surface area (TPSA) is 21.3 Å². The van der Waals surface area contributed by atoms with E-state index in [0.29, 0.717) is 12.1 Å². The summed E-state index contributed by atoms with van der Waals surface area (Å²) in [5, 5.41) is 3.75. The first-order valence-electron chi connectivity index (χ1n) is 6.64. The van der Waals surface area contributed by atoms with E-state index in [1.807, 2.05) is 23.9 Å². The van der Waals surface area contributed by atoms with E-state index in [1.54, 1.807) is 7.11 Å². The van der Waals surface area contributed by atoms with Gasteiger partial charge in [-0.25, -0.2) is 0 Å². The van der Waals surface area contributed by atoms with Gasteiger partial charge in [0.15, 0.2) is 0 Å². The molecule has 1 rings (SSSR count). The quantitative estimate of drug-likeness (QED) is 0.772. The van der Waals surface area contributed by atoms with E-state index in [0.717, 1.165) is 12.2 Å². The molecule has 0 saturated carbocycles. The third kappa shape index (κ3) is 4.54. The van der Waals surface area contributed by atoms with E-state index < -0.39 is 0 Å². The average molecular weight is 267 g/mol. The summed E-state index contributed by atoms with van der Waals surface area (Å²) in [6.45, 7) is 4.47. The SMILES string of the molecule is CCC(CSC)NC(CC)c1ccc(OC)cc1. The van der Waals surface area contributed by atoms with Crippen molar-refractivity contribution in [1.82, 2.24) is 5.32 Å². The van der Waals surface area contributed by atoms with Crippen molar-refractivity contribution in [2.45, 2.75) is 38.8 Å². The molecule has 0 aliphatic carbocycles. The Labute approximate surface area is 116 Å². The number of rotatable bonds is 8. The van der Waals surface area contributed by atoms with Crippen LogP contribution in [0, 0.1) is 0 Å². The minimum absolute atomic E-state index is 0.438. The van der Waals surface area contributed by atoms with Gasteiger partial charge in [-0.2, -0.15) is 11.8 Å². The highest BCUT2D eigenvalue weighted by molar-refractivity contribution is 7.98. The van der Waals surface area contributed by atoms with Crippen LogP contribution in [0.3, 0.4) is 0 Å². The van der Waals surface area contributed by atoms with Crippen molar-refractivity contribution in [3.8, 4) is 5.75 Å². The largest absolute Gasteiger partial charge is 0.497 e. The van der Waals surface area contributed by atoms with Crippen LogP contribution in [0.25, 0.3) is 0 Å². The minimum Gasteiger partial charge on any atom is -0.497 e. The van der Waals surface area contributed by atoms with E-state index in [9.17, 15) is 0 Å². The standard InChI is InChI=1S/C15H25NOS/c1-5-13(11-18-4)16-15(6-2)12-7-9-14(17-3)10-8-12/h7-10,13,15-16H,5-6,11H2,1-4H3. The Morgan fingerprint density at radius 1 is 1.17 bits per heavy atom. The van der Waals surface area contributed by atoms with Gasteiger partial charge in [0.25, 0.3) is 0 Å². The van der Waals surface area contributed by atoms with E-state index in [1.165, 1.54) is 17.7 Å². The molecule has 3 heteroatoms. The zero-order chi connectivity index (χ0) is 13.4. The van der Waals surface area contributed by atoms with Crippen LogP contribution in [0.1, 0.15) is 38.3 Å². The summed E-state index contributed by atoms with van der Waals surface area (Å²) in [4.78, 5) is 0. The molecule has 0 amide bonds. The maximum atomic E-state index is 5.20. The van der Waals surface area contributed by atoms with Crippen molar-refractivity contribution in [1.29, 1.82) is 0 Å². The number of thioether (sulfide) groups is 1. The third-order valence-electron chi connectivity index (χ3n) is 3.22. The number of benzene rings is 1. The predicted octanol–water partition coefficient (Wildman–Crippen LogP) is 3.88. The summed E-state index contributed by atoms with van der Waals surface area (Å²) in [7, 11) is 1.70. The van der Waals surface area contributed by atoms with Crippen molar-refractivity contribution in [3.63, 3.8) is 0 Å². The number of hydrogen-bond donors (Lipinski definition) is 1. The Morgan fingerprint density at radius 2 is 1.83 bits per heavy atom. The van der Waals surface area contributed by atoms with E-state index in [4.69, 9.17) is 4.74 Å². The van der Waals surface area contributed by atoms with Gasteiger partial charge in [-0.3, -0.25) is 0 Å². The summed E-state index contributed by atoms with van der Waals surface area (Å²) >= 11 is 1.91. The van der Waals surface area contributed by atoms with Gasteiger partial charge in [0.2, 0.25) is 0 Å². The minimum atomic E-state index is 0.438. The van der Waals surface area contributed by atoms with Gasteiger partial charge in [0.05, 0.1) is 7.11 Å². The van der Waals surface area contributed by atoms with Crippen LogP contribution in [-0.4, -0.2) is 25.2 Å². The van der Waals surface area contributed by atoms with Gasteiger partial charge in [-0.15, -0.1) is 0 Å². The molecular weight excluding hydrogens is 242 g/mol. The van der Waals surface area contributed by atoms with Crippen LogP contribution in [-0.2, 0) is 0 Å². The van der Waals surface area contributed by atoms with Gasteiger partial charge in [-0.1, -0.05) is 26.0 Å².